The number of alkyl halides is 3. The average molecular weight is 599 g/mol. The molecule has 2 aromatic carbocycles. The number of hydrogen-bond donors (Lipinski definition) is 1. The molecule has 0 aliphatic carbocycles. The summed E-state index contributed by atoms with van der Waals surface area (Å²) in [5.41, 5.74) is 1.03. The summed E-state index contributed by atoms with van der Waals surface area (Å²) in [5.74, 6) is 1.81. The quantitative estimate of drug-likeness (QED) is 0.196. The fourth-order valence-electron chi connectivity index (χ4n) is 4.00. The van der Waals surface area contributed by atoms with E-state index in [9.17, 15) is 13.2 Å². The molecule has 206 valence electrons. The Labute approximate surface area is 239 Å². The molecule has 0 amide bonds. The van der Waals surface area contributed by atoms with Crippen LogP contribution in [0.5, 0.6) is 5.75 Å². The first-order chi connectivity index (χ1) is 16.5. The van der Waals surface area contributed by atoms with Gasteiger partial charge in [-0.1, -0.05) is 18.2 Å². The number of aromatic nitrogens is 1. The van der Waals surface area contributed by atoms with Gasteiger partial charge in [0, 0.05) is 49.2 Å². The number of unbranched alkanes of at least 4 members (excludes halogenated alkanes) is 2. The number of fused-ring (bicyclic) bond motifs is 1. The van der Waals surface area contributed by atoms with Crippen LogP contribution in [-0.4, -0.2) is 48.4 Å². The van der Waals surface area contributed by atoms with E-state index in [1.807, 2.05) is 18.2 Å². The lowest BCUT2D eigenvalue weighted by molar-refractivity contribution is -0.137. The van der Waals surface area contributed by atoms with Gasteiger partial charge >= 0.3 is 6.18 Å². The standard InChI is InChI=1S/C26H30F3N3OS.3ClH/c27-26(28,29)21-6-9-23-24(18-21)31-11-10-25(23)34-17-3-1-2-16-33-22-7-4-20(5-8-22)19-32-14-12-30-13-15-32;;;/h4-11,18,30H,1-3,12-17,19H2;3*1H. The van der Waals surface area contributed by atoms with Crippen molar-refractivity contribution in [2.24, 2.45) is 0 Å². The van der Waals surface area contributed by atoms with E-state index in [0.29, 0.717) is 12.1 Å². The van der Waals surface area contributed by atoms with Gasteiger partial charge in [-0.3, -0.25) is 9.88 Å². The van der Waals surface area contributed by atoms with E-state index in [1.165, 1.54) is 11.6 Å². The fraction of sp³-hybridized carbons (Fsp3) is 0.423. The molecule has 3 aromatic rings. The van der Waals surface area contributed by atoms with E-state index >= 15 is 0 Å². The Hall–Kier alpha value is -1.42. The zero-order chi connectivity index (χ0) is 23.8. The number of nitrogens with zero attached hydrogens (tertiary/aromatic N) is 2. The number of rotatable bonds is 10. The van der Waals surface area contributed by atoms with Gasteiger partial charge in [-0.05, 0) is 60.9 Å². The Kier molecular flexibility index (Phi) is 15.0. The summed E-state index contributed by atoms with van der Waals surface area (Å²) in [5, 5.41) is 4.14. The summed E-state index contributed by atoms with van der Waals surface area (Å²) in [4.78, 5) is 7.54. The Morgan fingerprint density at radius 1 is 0.919 bits per heavy atom. The second kappa shape index (κ2) is 16.5. The minimum Gasteiger partial charge on any atom is -0.494 e. The lowest BCUT2D eigenvalue weighted by Gasteiger charge is -2.27. The SMILES string of the molecule is Cl.Cl.Cl.FC(F)(F)c1ccc2c(SCCCCCOc3ccc(CN4CCNCC4)cc3)ccnc2c1. The van der Waals surface area contributed by atoms with Gasteiger partial charge in [0.05, 0.1) is 17.7 Å². The predicted octanol–water partition coefficient (Wildman–Crippen LogP) is 7.27. The van der Waals surface area contributed by atoms with Gasteiger partial charge in [-0.2, -0.15) is 13.2 Å². The largest absolute Gasteiger partial charge is 0.494 e. The van der Waals surface area contributed by atoms with E-state index in [0.717, 1.165) is 85.9 Å². The van der Waals surface area contributed by atoms with Crippen molar-refractivity contribution in [3.8, 4) is 5.75 Å². The molecule has 0 saturated carbocycles. The molecule has 0 spiro atoms. The molecule has 0 radical (unpaired) electrons. The van der Waals surface area contributed by atoms with Gasteiger partial charge in [0.1, 0.15) is 5.75 Å². The topological polar surface area (TPSA) is 37.4 Å². The zero-order valence-corrected chi connectivity index (χ0v) is 23.6. The molecule has 4 nitrogen and oxygen atoms in total. The third-order valence-electron chi connectivity index (χ3n) is 5.88. The average Bonchev–Trinajstić information content (AvgIpc) is 2.84. The van der Waals surface area contributed by atoms with Crippen LogP contribution in [0.4, 0.5) is 13.2 Å². The number of piperazine rings is 1. The van der Waals surface area contributed by atoms with Crippen LogP contribution in [0.2, 0.25) is 0 Å². The summed E-state index contributed by atoms with van der Waals surface area (Å²) in [6, 6.07) is 14.0. The predicted molar refractivity (Wildman–Crippen MR) is 153 cm³/mol. The maximum atomic E-state index is 12.9. The monoisotopic (exact) mass is 597 g/mol. The van der Waals surface area contributed by atoms with Crippen LogP contribution in [0.15, 0.2) is 59.6 Å². The van der Waals surface area contributed by atoms with Crippen LogP contribution in [0.1, 0.15) is 30.4 Å². The van der Waals surface area contributed by atoms with Crippen molar-refractivity contribution in [2.45, 2.75) is 36.9 Å². The van der Waals surface area contributed by atoms with Crippen molar-refractivity contribution in [1.29, 1.82) is 0 Å². The summed E-state index contributed by atoms with van der Waals surface area (Å²) < 4.78 is 44.7. The number of thioether (sulfide) groups is 1. The number of nitrogens with one attached hydrogen (secondary N) is 1. The van der Waals surface area contributed by atoms with Crippen LogP contribution in [0, 0.1) is 0 Å². The van der Waals surface area contributed by atoms with E-state index in [1.54, 1.807) is 18.0 Å². The molecule has 1 aromatic heterocycles. The molecular formula is C26H33Cl3F3N3OS. The number of halogens is 6. The van der Waals surface area contributed by atoms with E-state index in [-0.39, 0.29) is 37.2 Å². The summed E-state index contributed by atoms with van der Waals surface area (Å²) in [6.07, 6.45) is 0.244. The molecule has 37 heavy (non-hydrogen) atoms. The Balaban J connectivity index is 0.00000228. The number of benzene rings is 2. The molecule has 0 unspecified atom stereocenters. The van der Waals surface area contributed by atoms with Crippen molar-refractivity contribution in [3.63, 3.8) is 0 Å². The molecular weight excluding hydrogens is 566 g/mol. The number of hydrogen-bond acceptors (Lipinski definition) is 5. The minimum absolute atomic E-state index is 0. The maximum Gasteiger partial charge on any atom is 0.416 e. The van der Waals surface area contributed by atoms with Gasteiger partial charge in [0.25, 0.3) is 0 Å². The van der Waals surface area contributed by atoms with Crippen LogP contribution >= 0.6 is 49.0 Å². The molecule has 1 fully saturated rings. The van der Waals surface area contributed by atoms with Crippen molar-refractivity contribution < 1.29 is 17.9 Å². The van der Waals surface area contributed by atoms with Gasteiger partial charge in [-0.25, -0.2) is 0 Å². The minimum atomic E-state index is -4.35. The van der Waals surface area contributed by atoms with Crippen LogP contribution in [0.25, 0.3) is 10.9 Å². The highest BCUT2D eigenvalue weighted by Gasteiger charge is 2.30. The van der Waals surface area contributed by atoms with E-state index in [2.05, 4.69) is 27.3 Å². The third-order valence-corrected chi connectivity index (χ3v) is 7.04. The first kappa shape index (κ1) is 33.6. The molecule has 4 rings (SSSR count). The first-order valence-electron chi connectivity index (χ1n) is 11.7. The number of ether oxygens (including phenoxy) is 1. The van der Waals surface area contributed by atoms with Crippen LogP contribution < -0.4 is 10.1 Å². The smallest absolute Gasteiger partial charge is 0.416 e. The first-order valence-corrected chi connectivity index (χ1v) is 12.7. The zero-order valence-electron chi connectivity index (χ0n) is 20.3. The Bertz CT molecular complexity index is 1070. The highest BCUT2D eigenvalue weighted by Crippen LogP contribution is 2.34. The molecule has 1 N–H and O–H groups in total. The summed E-state index contributed by atoms with van der Waals surface area (Å²) >= 11 is 1.66. The highest BCUT2D eigenvalue weighted by molar-refractivity contribution is 7.99. The van der Waals surface area contributed by atoms with Crippen molar-refractivity contribution in [1.82, 2.24) is 15.2 Å². The second-order valence-electron chi connectivity index (χ2n) is 8.47. The molecule has 1 aliphatic rings. The van der Waals surface area contributed by atoms with Crippen LogP contribution in [0.3, 0.4) is 0 Å². The van der Waals surface area contributed by atoms with Gasteiger partial charge in [-0.15, -0.1) is 49.0 Å². The summed E-state index contributed by atoms with van der Waals surface area (Å²) in [6.45, 7) is 5.96. The van der Waals surface area contributed by atoms with Crippen molar-refractivity contribution >= 4 is 59.9 Å². The lowest BCUT2D eigenvalue weighted by atomic mass is 10.1. The van der Waals surface area contributed by atoms with E-state index < -0.39 is 11.7 Å². The normalized spacial score (nSPS) is 13.8. The van der Waals surface area contributed by atoms with Gasteiger partial charge in [0.15, 0.2) is 0 Å². The van der Waals surface area contributed by atoms with Crippen molar-refractivity contribution in [2.75, 3.05) is 38.5 Å². The molecule has 11 heteroatoms. The molecule has 1 aliphatic heterocycles. The molecule has 0 bridgehead atoms. The van der Waals surface area contributed by atoms with Crippen LogP contribution in [-0.2, 0) is 12.7 Å². The summed E-state index contributed by atoms with van der Waals surface area (Å²) in [7, 11) is 0. The molecule has 2 heterocycles. The molecule has 0 atom stereocenters. The maximum absolute atomic E-state index is 12.9. The third kappa shape index (κ3) is 10.3. The Morgan fingerprint density at radius 2 is 1.65 bits per heavy atom. The lowest BCUT2D eigenvalue weighted by Crippen LogP contribution is -2.42. The van der Waals surface area contributed by atoms with Gasteiger partial charge in [0.2, 0.25) is 0 Å². The van der Waals surface area contributed by atoms with E-state index in [4.69, 9.17) is 4.74 Å². The number of pyridine rings is 1. The van der Waals surface area contributed by atoms with Crippen molar-refractivity contribution in [3.05, 3.63) is 65.9 Å². The highest BCUT2D eigenvalue weighted by atomic mass is 35.5. The second-order valence-corrected chi connectivity index (χ2v) is 9.60. The Morgan fingerprint density at radius 3 is 2.35 bits per heavy atom. The molecule has 1 saturated heterocycles. The van der Waals surface area contributed by atoms with Gasteiger partial charge < -0.3 is 10.1 Å². The fourth-order valence-corrected chi connectivity index (χ4v) is 5.05.